The van der Waals surface area contributed by atoms with Crippen molar-refractivity contribution in [2.24, 2.45) is 5.73 Å². The zero-order chi connectivity index (χ0) is 13.1. The molecule has 2 rings (SSSR count). The van der Waals surface area contributed by atoms with Gasteiger partial charge in [0.1, 0.15) is 11.9 Å². The van der Waals surface area contributed by atoms with E-state index in [0.29, 0.717) is 26.1 Å². The first-order valence-corrected chi connectivity index (χ1v) is 6.19. The van der Waals surface area contributed by atoms with Gasteiger partial charge in [-0.25, -0.2) is 4.39 Å². The van der Waals surface area contributed by atoms with Crippen molar-refractivity contribution in [2.45, 2.75) is 25.9 Å². The molecule has 1 aromatic rings. The highest BCUT2D eigenvalue weighted by molar-refractivity contribution is 5.86. The summed E-state index contributed by atoms with van der Waals surface area (Å²) in [7, 11) is 0. The van der Waals surface area contributed by atoms with E-state index in [9.17, 15) is 9.18 Å². The number of rotatable bonds is 3. The van der Waals surface area contributed by atoms with E-state index in [-0.39, 0.29) is 17.8 Å². The van der Waals surface area contributed by atoms with Crippen LogP contribution in [-0.2, 0) is 11.3 Å². The number of piperazine rings is 1. The number of hydrogen-bond donors (Lipinski definition) is 2. The van der Waals surface area contributed by atoms with Crippen molar-refractivity contribution in [1.82, 2.24) is 5.32 Å². The fraction of sp³-hybridized carbons (Fsp3) is 0.462. The second-order valence-electron chi connectivity index (χ2n) is 4.43. The summed E-state index contributed by atoms with van der Waals surface area (Å²) in [5.74, 6) is -0.309. The second kappa shape index (κ2) is 5.35. The summed E-state index contributed by atoms with van der Waals surface area (Å²) in [4.78, 5) is 13.7. The molecule has 5 heteroatoms. The van der Waals surface area contributed by atoms with Gasteiger partial charge in [-0.05, 0) is 30.2 Å². The minimum Gasteiger partial charge on any atom is -0.358 e. The molecule has 1 amide bonds. The van der Waals surface area contributed by atoms with E-state index in [1.54, 1.807) is 0 Å². The van der Waals surface area contributed by atoms with E-state index in [0.717, 1.165) is 11.3 Å². The number of nitrogens with zero attached hydrogens (tertiary/aromatic N) is 1. The van der Waals surface area contributed by atoms with Crippen LogP contribution in [0.4, 0.5) is 10.1 Å². The normalized spacial score (nSPS) is 19.8. The third-order valence-electron chi connectivity index (χ3n) is 3.23. The van der Waals surface area contributed by atoms with Crippen molar-refractivity contribution in [2.75, 3.05) is 18.0 Å². The van der Waals surface area contributed by atoms with E-state index in [1.165, 1.54) is 12.1 Å². The first-order valence-electron chi connectivity index (χ1n) is 6.19. The molecule has 1 aliphatic heterocycles. The molecule has 0 aromatic heterocycles. The van der Waals surface area contributed by atoms with Crippen LogP contribution in [0.5, 0.6) is 0 Å². The zero-order valence-electron chi connectivity index (χ0n) is 10.4. The molecule has 3 N–H and O–H groups in total. The third-order valence-corrected chi connectivity index (χ3v) is 3.23. The molecular formula is C13H18FN3O. The molecule has 1 unspecified atom stereocenters. The summed E-state index contributed by atoms with van der Waals surface area (Å²) in [6.07, 6.45) is 0.695. The number of nitrogens with two attached hydrogens (primary N) is 1. The van der Waals surface area contributed by atoms with Crippen LogP contribution in [0.2, 0.25) is 0 Å². The quantitative estimate of drug-likeness (QED) is 0.842. The molecule has 0 radical (unpaired) electrons. The van der Waals surface area contributed by atoms with Gasteiger partial charge in [0.25, 0.3) is 0 Å². The zero-order valence-corrected chi connectivity index (χ0v) is 10.4. The Morgan fingerprint density at radius 1 is 1.50 bits per heavy atom. The Bertz CT molecular complexity index is 450. The third kappa shape index (κ3) is 2.46. The molecule has 98 valence electrons. The number of anilines is 1. The van der Waals surface area contributed by atoms with Gasteiger partial charge in [-0.1, -0.05) is 6.92 Å². The number of amides is 1. The van der Waals surface area contributed by atoms with Crippen molar-refractivity contribution < 1.29 is 9.18 Å². The monoisotopic (exact) mass is 251 g/mol. The second-order valence-corrected chi connectivity index (χ2v) is 4.43. The van der Waals surface area contributed by atoms with Crippen LogP contribution in [-0.4, -0.2) is 25.0 Å². The van der Waals surface area contributed by atoms with Crippen LogP contribution in [0.15, 0.2) is 18.2 Å². The number of carbonyl (C=O) groups excluding carboxylic acids is 1. The highest BCUT2D eigenvalue weighted by atomic mass is 19.1. The van der Waals surface area contributed by atoms with Crippen LogP contribution in [0.3, 0.4) is 0 Å². The molecule has 18 heavy (non-hydrogen) atoms. The first-order chi connectivity index (χ1) is 8.65. The minimum absolute atomic E-state index is 0.00214. The van der Waals surface area contributed by atoms with Crippen LogP contribution in [0.1, 0.15) is 18.9 Å². The number of benzene rings is 1. The van der Waals surface area contributed by atoms with Gasteiger partial charge in [0.15, 0.2) is 0 Å². The summed E-state index contributed by atoms with van der Waals surface area (Å²) in [5, 5.41) is 2.83. The smallest absolute Gasteiger partial charge is 0.242 e. The Hall–Kier alpha value is -1.62. The molecule has 0 aliphatic carbocycles. The lowest BCUT2D eigenvalue weighted by Crippen LogP contribution is -2.55. The Labute approximate surface area is 106 Å². The summed E-state index contributed by atoms with van der Waals surface area (Å²) >= 11 is 0. The van der Waals surface area contributed by atoms with E-state index in [1.807, 2.05) is 17.9 Å². The Balaban J connectivity index is 2.34. The largest absolute Gasteiger partial charge is 0.358 e. The first kappa shape index (κ1) is 12.8. The Kier molecular flexibility index (Phi) is 3.81. The van der Waals surface area contributed by atoms with Crippen molar-refractivity contribution in [3.8, 4) is 0 Å². The van der Waals surface area contributed by atoms with Gasteiger partial charge in [-0.2, -0.15) is 0 Å². The van der Waals surface area contributed by atoms with E-state index in [2.05, 4.69) is 5.32 Å². The van der Waals surface area contributed by atoms with Gasteiger partial charge in [-0.15, -0.1) is 0 Å². The summed E-state index contributed by atoms with van der Waals surface area (Å²) in [5.41, 5.74) is 7.02. The summed E-state index contributed by atoms with van der Waals surface area (Å²) in [6, 6.07) is 4.50. The van der Waals surface area contributed by atoms with Gasteiger partial charge in [-0.3, -0.25) is 4.79 Å². The topological polar surface area (TPSA) is 58.4 Å². The molecule has 1 heterocycles. The van der Waals surface area contributed by atoms with Gasteiger partial charge in [0.2, 0.25) is 5.91 Å². The summed E-state index contributed by atoms with van der Waals surface area (Å²) in [6.45, 7) is 3.52. The van der Waals surface area contributed by atoms with Crippen LogP contribution >= 0.6 is 0 Å². The van der Waals surface area contributed by atoms with Crippen molar-refractivity contribution >= 4 is 11.6 Å². The molecule has 0 spiro atoms. The van der Waals surface area contributed by atoms with Crippen molar-refractivity contribution in [3.63, 3.8) is 0 Å². The molecule has 1 atom stereocenters. The lowest BCUT2D eigenvalue weighted by Gasteiger charge is -2.36. The van der Waals surface area contributed by atoms with Gasteiger partial charge >= 0.3 is 0 Å². The SMILES string of the molecule is CCC1C(=O)NCCN1c1cc(F)cc(CN)c1. The maximum absolute atomic E-state index is 13.5. The fourth-order valence-corrected chi connectivity index (χ4v) is 2.35. The number of nitrogens with one attached hydrogen (secondary N) is 1. The standard InChI is InChI=1S/C13H18FN3O/c1-2-12-13(18)16-3-4-17(12)11-6-9(8-15)5-10(14)7-11/h5-7,12H,2-4,8,15H2,1H3,(H,16,18). The molecule has 0 bridgehead atoms. The van der Waals surface area contributed by atoms with Crippen molar-refractivity contribution in [1.29, 1.82) is 0 Å². The van der Waals surface area contributed by atoms with Gasteiger partial charge < -0.3 is 16.0 Å². The van der Waals surface area contributed by atoms with Gasteiger partial charge in [0, 0.05) is 25.3 Å². The lowest BCUT2D eigenvalue weighted by atomic mass is 10.1. The van der Waals surface area contributed by atoms with Crippen molar-refractivity contribution in [3.05, 3.63) is 29.6 Å². The Morgan fingerprint density at radius 2 is 2.28 bits per heavy atom. The molecule has 1 saturated heterocycles. The average Bonchev–Trinajstić information content (AvgIpc) is 2.37. The van der Waals surface area contributed by atoms with E-state index < -0.39 is 0 Å². The van der Waals surface area contributed by atoms with E-state index >= 15 is 0 Å². The highest BCUT2D eigenvalue weighted by Gasteiger charge is 2.28. The highest BCUT2D eigenvalue weighted by Crippen LogP contribution is 2.23. The maximum Gasteiger partial charge on any atom is 0.242 e. The molecule has 1 fully saturated rings. The fourth-order valence-electron chi connectivity index (χ4n) is 2.35. The summed E-state index contributed by atoms with van der Waals surface area (Å²) < 4.78 is 13.5. The molecule has 1 aliphatic rings. The van der Waals surface area contributed by atoms with E-state index in [4.69, 9.17) is 5.73 Å². The minimum atomic E-state index is -0.311. The number of halogens is 1. The van der Waals surface area contributed by atoms with Gasteiger partial charge in [0.05, 0.1) is 0 Å². The predicted octanol–water partition coefficient (Wildman–Crippen LogP) is 0.999. The van der Waals surface area contributed by atoms with Crippen LogP contribution < -0.4 is 16.0 Å². The molecule has 4 nitrogen and oxygen atoms in total. The number of hydrogen-bond acceptors (Lipinski definition) is 3. The van der Waals surface area contributed by atoms with Crippen LogP contribution in [0.25, 0.3) is 0 Å². The molecular weight excluding hydrogens is 233 g/mol. The number of carbonyl (C=O) groups is 1. The lowest BCUT2D eigenvalue weighted by molar-refractivity contribution is -0.123. The average molecular weight is 251 g/mol. The maximum atomic E-state index is 13.5. The molecule has 0 saturated carbocycles. The Morgan fingerprint density at radius 3 is 2.94 bits per heavy atom. The predicted molar refractivity (Wildman–Crippen MR) is 68.7 cm³/mol. The molecule has 1 aromatic carbocycles. The van der Waals surface area contributed by atoms with Crippen LogP contribution in [0, 0.1) is 5.82 Å².